The number of benzene rings is 1. The van der Waals surface area contributed by atoms with E-state index in [-0.39, 0.29) is 11.8 Å². The van der Waals surface area contributed by atoms with Crippen molar-refractivity contribution in [2.24, 2.45) is 5.92 Å². The molecule has 1 aliphatic rings. The first kappa shape index (κ1) is 19.0. The number of carbonyl (C=O) groups is 1. The number of nitrogens with one attached hydrogen (secondary N) is 1. The Morgan fingerprint density at radius 1 is 1.17 bits per heavy atom. The molecule has 1 fully saturated rings. The number of carbonyl (C=O) groups excluding carboxylic acids is 1. The Hall–Kier alpha value is -3.36. The standard InChI is InChI=1S/C20H24N6O3/c1-13-22-23-18-8-9-19(24-26(13)18)25-10-4-5-14(12-25)20(27)21-16-11-15(28-2)6-7-17(16)29-3/h6-9,11,14H,4-5,10,12H2,1-3H3,(H,21,27)/t14-/m0/s1. The maximum Gasteiger partial charge on any atom is 0.229 e. The Bertz CT molecular complexity index is 1030. The van der Waals surface area contributed by atoms with E-state index in [4.69, 9.17) is 9.47 Å². The van der Waals surface area contributed by atoms with Crippen LogP contribution in [0.3, 0.4) is 0 Å². The van der Waals surface area contributed by atoms with Crippen molar-refractivity contribution in [1.82, 2.24) is 19.8 Å². The molecule has 0 aliphatic carbocycles. The van der Waals surface area contributed by atoms with Gasteiger partial charge in [-0.2, -0.15) is 4.52 Å². The van der Waals surface area contributed by atoms with Gasteiger partial charge >= 0.3 is 0 Å². The van der Waals surface area contributed by atoms with Crippen molar-refractivity contribution in [2.45, 2.75) is 19.8 Å². The second kappa shape index (κ2) is 7.94. The van der Waals surface area contributed by atoms with Crippen LogP contribution in [0, 0.1) is 12.8 Å². The highest BCUT2D eigenvalue weighted by Gasteiger charge is 2.27. The minimum Gasteiger partial charge on any atom is -0.497 e. The Kier molecular flexibility index (Phi) is 5.20. The molecule has 9 heteroatoms. The third kappa shape index (κ3) is 3.80. The largest absolute Gasteiger partial charge is 0.497 e. The first-order valence-electron chi connectivity index (χ1n) is 9.56. The molecule has 1 N–H and O–H groups in total. The molecule has 1 saturated heterocycles. The second-order valence-electron chi connectivity index (χ2n) is 7.05. The molecule has 2 aromatic heterocycles. The highest BCUT2D eigenvalue weighted by atomic mass is 16.5. The van der Waals surface area contributed by atoms with Crippen molar-refractivity contribution < 1.29 is 14.3 Å². The van der Waals surface area contributed by atoms with E-state index in [0.29, 0.717) is 29.4 Å². The first-order chi connectivity index (χ1) is 14.1. The Balaban J connectivity index is 1.50. The lowest BCUT2D eigenvalue weighted by Gasteiger charge is -2.32. The van der Waals surface area contributed by atoms with Gasteiger partial charge < -0.3 is 19.7 Å². The molecule has 0 spiro atoms. The zero-order valence-electron chi connectivity index (χ0n) is 16.8. The van der Waals surface area contributed by atoms with Gasteiger partial charge in [0.25, 0.3) is 0 Å². The number of aromatic nitrogens is 4. The molecule has 3 heterocycles. The van der Waals surface area contributed by atoms with Crippen molar-refractivity contribution in [3.63, 3.8) is 0 Å². The van der Waals surface area contributed by atoms with Crippen LogP contribution in [-0.2, 0) is 4.79 Å². The van der Waals surface area contributed by atoms with Crippen LogP contribution >= 0.6 is 0 Å². The molecule has 1 atom stereocenters. The van der Waals surface area contributed by atoms with Crippen LogP contribution in [-0.4, -0.2) is 53.0 Å². The minimum atomic E-state index is -0.154. The first-order valence-corrected chi connectivity index (χ1v) is 9.56. The lowest BCUT2D eigenvalue weighted by molar-refractivity contribution is -0.120. The van der Waals surface area contributed by atoms with Crippen molar-refractivity contribution in [3.05, 3.63) is 36.2 Å². The summed E-state index contributed by atoms with van der Waals surface area (Å²) < 4.78 is 12.3. The van der Waals surface area contributed by atoms with Gasteiger partial charge in [-0.15, -0.1) is 15.3 Å². The van der Waals surface area contributed by atoms with Gasteiger partial charge in [-0.1, -0.05) is 0 Å². The van der Waals surface area contributed by atoms with Crippen LogP contribution in [0.25, 0.3) is 5.65 Å². The fourth-order valence-electron chi connectivity index (χ4n) is 3.60. The Labute approximate surface area is 168 Å². The van der Waals surface area contributed by atoms with Crippen LogP contribution in [0.5, 0.6) is 11.5 Å². The van der Waals surface area contributed by atoms with Gasteiger partial charge in [0.15, 0.2) is 11.5 Å². The van der Waals surface area contributed by atoms with E-state index in [0.717, 1.165) is 31.0 Å². The number of anilines is 2. The normalized spacial score (nSPS) is 16.7. The van der Waals surface area contributed by atoms with Gasteiger partial charge in [-0.25, -0.2) is 0 Å². The zero-order valence-corrected chi connectivity index (χ0v) is 16.8. The third-order valence-corrected chi connectivity index (χ3v) is 5.19. The number of nitrogens with zero attached hydrogens (tertiary/aromatic N) is 5. The summed E-state index contributed by atoms with van der Waals surface area (Å²) in [5, 5.41) is 15.8. The predicted molar refractivity (Wildman–Crippen MR) is 109 cm³/mol. The molecule has 4 rings (SSSR count). The fourth-order valence-corrected chi connectivity index (χ4v) is 3.60. The summed E-state index contributed by atoms with van der Waals surface area (Å²) in [5.41, 5.74) is 1.32. The maximum atomic E-state index is 13.0. The van der Waals surface area contributed by atoms with Gasteiger partial charge in [-0.05, 0) is 44.0 Å². The van der Waals surface area contributed by atoms with Gasteiger partial charge in [0.2, 0.25) is 5.91 Å². The molecular weight excluding hydrogens is 372 g/mol. The summed E-state index contributed by atoms with van der Waals surface area (Å²) in [6.07, 6.45) is 1.73. The zero-order chi connectivity index (χ0) is 20.4. The third-order valence-electron chi connectivity index (χ3n) is 5.19. The molecule has 0 radical (unpaired) electrons. The molecule has 0 unspecified atom stereocenters. The molecule has 1 aromatic carbocycles. The Morgan fingerprint density at radius 3 is 2.83 bits per heavy atom. The van der Waals surface area contributed by atoms with Crippen molar-refractivity contribution in [1.29, 1.82) is 0 Å². The van der Waals surface area contributed by atoms with Gasteiger partial charge in [0.05, 0.1) is 25.8 Å². The molecule has 152 valence electrons. The number of amides is 1. The van der Waals surface area contributed by atoms with Crippen LogP contribution in [0.1, 0.15) is 18.7 Å². The minimum absolute atomic E-state index is 0.0391. The SMILES string of the molecule is COc1ccc(OC)c(NC(=O)[C@H]2CCCN(c3ccc4nnc(C)n4n3)C2)c1. The molecule has 0 bridgehead atoms. The molecule has 9 nitrogen and oxygen atoms in total. The van der Waals surface area contributed by atoms with Crippen LogP contribution in [0.2, 0.25) is 0 Å². The van der Waals surface area contributed by atoms with E-state index < -0.39 is 0 Å². The molecule has 29 heavy (non-hydrogen) atoms. The molecular formula is C20H24N6O3. The van der Waals surface area contributed by atoms with Gasteiger partial charge in [0.1, 0.15) is 17.3 Å². The summed E-state index contributed by atoms with van der Waals surface area (Å²) in [6, 6.07) is 9.16. The lowest BCUT2D eigenvalue weighted by Crippen LogP contribution is -2.41. The van der Waals surface area contributed by atoms with Crippen LogP contribution in [0.15, 0.2) is 30.3 Å². The van der Waals surface area contributed by atoms with E-state index in [1.807, 2.05) is 19.1 Å². The van der Waals surface area contributed by atoms with E-state index in [9.17, 15) is 4.79 Å². The molecule has 3 aromatic rings. The number of fused-ring (bicyclic) bond motifs is 1. The van der Waals surface area contributed by atoms with Crippen molar-refractivity contribution in [2.75, 3.05) is 37.5 Å². The highest BCUT2D eigenvalue weighted by Crippen LogP contribution is 2.30. The maximum absolute atomic E-state index is 13.0. The van der Waals surface area contributed by atoms with E-state index >= 15 is 0 Å². The van der Waals surface area contributed by atoms with Crippen LogP contribution < -0.4 is 19.7 Å². The van der Waals surface area contributed by atoms with E-state index in [1.165, 1.54) is 0 Å². The fraction of sp³-hybridized carbons (Fsp3) is 0.400. The smallest absolute Gasteiger partial charge is 0.229 e. The highest BCUT2D eigenvalue weighted by molar-refractivity contribution is 5.94. The molecule has 1 aliphatic heterocycles. The monoisotopic (exact) mass is 396 g/mol. The number of aryl methyl sites for hydroxylation is 1. The van der Waals surface area contributed by atoms with Crippen molar-refractivity contribution in [3.8, 4) is 11.5 Å². The number of rotatable bonds is 5. The topological polar surface area (TPSA) is 93.9 Å². The summed E-state index contributed by atoms with van der Waals surface area (Å²) in [6.45, 7) is 3.31. The number of hydrogen-bond acceptors (Lipinski definition) is 7. The quantitative estimate of drug-likeness (QED) is 0.707. The number of methoxy groups -OCH3 is 2. The predicted octanol–water partition coefficient (Wildman–Crippen LogP) is 2.31. The lowest BCUT2D eigenvalue weighted by atomic mass is 9.97. The molecule has 0 saturated carbocycles. The van der Waals surface area contributed by atoms with E-state index in [2.05, 4.69) is 25.5 Å². The van der Waals surface area contributed by atoms with E-state index in [1.54, 1.807) is 36.9 Å². The Morgan fingerprint density at radius 2 is 2.03 bits per heavy atom. The number of piperidine rings is 1. The van der Waals surface area contributed by atoms with Gasteiger partial charge in [-0.3, -0.25) is 4.79 Å². The summed E-state index contributed by atoms with van der Waals surface area (Å²) >= 11 is 0. The molecule has 1 amide bonds. The number of hydrogen-bond donors (Lipinski definition) is 1. The summed E-state index contributed by atoms with van der Waals surface area (Å²) in [7, 11) is 3.17. The average molecular weight is 396 g/mol. The second-order valence-corrected chi connectivity index (χ2v) is 7.05. The number of ether oxygens (including phenoxy) is 2. The van der Waals surface area contributed by atoms with Crippen molar-refractivity contribution >= 4 is 23.1 Å². The van der Waals surface area contributed by atoms with Crippen LogP contribution in [0.4, 0.5) is 11.5 Å². The summed E-state index contributed by atoms with van der Waals surface area (Å²) in [4.78, 5) is 15.1. The summed E-state index contributed by atoms with van der Waals surface area (Å²) in [5.74, 6) is 2.62. The van der Waals surface area contributed by atoms with Gasteiger partial charge in [0, 0.05) is 19.2 Å². The average Bonchev–Trinajstić information content (AvgIpc) is 3.14.